The van der Waals surface area contributed by atoms with Crippen molar-refractivity contribution < 1.29 is 4.74 Å². The largest absolute Gasteiger partial charge is 0.481 e. The smallest absolute Gasteiger partial charge is 0.218 e. The summed E-state index contributed by atoms with van der Waals surface area (Å²) in [7, 11) is 1.62. The maximum Gasteiger partial charge on any atom is 0.218 e. The van der Waals surface area contributed by atoms with Crippen molar-refractivity contribution >= 4 is 17.6 Å². The second-order valence-electron chi connectivity index (χ2n) is 3.96. The van der Waals surface area contributed by atoms with Gasteiger partial charge in [0.25, 0.3) is 0 Å². The summed E-state index contributed by atoms with van der Waals surface area (Å²) in [5, 5.41) is 4.23. The van der Waals surface area contributed by atoms with Gasteiger partial charge in [0.1, 0.15) is 12.1 Å². The van der Waals surface area contributed by atoms with Crippen molar-refractivity contribution in [2.45, 2.75) is 30.6 Å². The molecule has 4 nitrogen and oxygen atoms in total. The highest BCUT2D eigenvalue weighted by Gasteiger charge is 2.23. The summed E-state index contributed by atoms with van der Waals surface area (Å²) in [4.78, 5) is 8.18. The normalized spacial score (nSPS) is 24.4. The van der Waals surface area contributed by atoms with E-state index >= 15 is 0 Å². The summed E-state index contributed by atoms with van der Waals surface area (Å²) in [6, 6.07) is 2.38. The summed E-state index contributed by atoms with van der Waals surface area (Å²) in [5.41, 5.74) is 0. The maximum atomic E-state index is 5.07. The third-order valence-corrected chi connectivity index (χ3v) is 4.02. The monoisotopic (exact) mass is 239 g/mol. The van der Waals surface area contributed by atoms with Crippen molar-refractivity contribution in [3.63, 3.8) is 0 Å². The van der Waals surface area contributed by atoms with Crippen molar-refractivity contribution in [3.8, 4) is 5.88 Å². The molecule has 1 saturated carbocycles. The van der Waals surface area contributed by atoms with Crippen LogP contribution in [-0.2, 0) is 0 Å². The van der Waals surface area contributed by atoms with Gasteiger partial charge >= 0.3 is 0 Å². The van der Waals surface area contributed by atoms with Crippen LogP contribution in [0.1, 0.15) is 19.3 Å². The molecule has 0 radical (unpaired) electrons. The Morgan fingerprint density at radius 2 is 2.31 bits per heavy atom. The van der Waals surface area contributed by atoms with Crippen LogP contribution in [-0.4, -0.2) is 34.6 Å². The first-order valence-electron chi connectivity index (χ1n) is 5.47. The Morgan fingerprint density at radius 3 is 3.00 bits per heavy atom. The lowest BCUT2D eigenvalue weighted by molar-refractivity contribution is 0.397. The average molecular weight is 239 g/mol. The van der Waals surface area contributed by atoms with Crippen LogP contribution in [0.25, 0.3) is 0 Å². The van der Waals surface area contributed by atoms with Gasteiger partial charge in [-0.05, 0) is 25.5 Å². The number of ether oxygens (including phenoxy) is 1. The van der Waals surface area contributed by atoms with Crippen LogP contribution >= 0.6 is 11.8 Å². The molecule has 0 spiro atoms. The molecule has 1 heterocycles. The first kappa shape index (κ1) is 11.5. The Bertz CT molecular complexity index is 348. The number of nitrogens with one attached hydrogen (secondary N) is 1. The number of nitrogens with zero attached hydrogens (tertiary/aromatic N) is 2. The number of hydrogen-bond donors (Lipinski definition) is 1. The second-order valence-corrected chi connectivity index (χ2v) is 5.10. The molecule has 5 heteroatoms. The predicted molar refractivity (Wildman–Crippen MR) is 67.1 cm³/mol. The summed E-state index contributed by atoms with van der Waals surface area (Å²) in [6.07, 6.45) is 7.44. The average Bonchev–Trinajstić information content (AvgIpc) is 2.77. The molecule has 1 N–H and O–H groups in total. The summed E-state index contributed by atoms with van der Waals surface area (Å²) < 4.78 is 5.07. The van der Waals surface area contributed by atoms with Crippen LogP contribution in [0, 0.1) is 0 Å². The zero-order valence-electron chi connectivity index (χ0n) is 9.64. The molecular weight excluding hydrogens is 222 g/mol. The molecule has 1 aliphatic rings. The molecule has 0 amide bonds. The van der Waals surface area contributed by atoms with E-state index in [1.54, 1.807) is 7.11 Å². The number of methoxy groups -OCH3 is 1. The molecule has 0 aliphatic heterocycles. The van der Waals surface area contributed by atoms with E-state index in [-0.39, 0.29) is 0 Å². The molecule has 1 aliphatic carbocycles. The lowest BCUT2D eigenvalue weighted by Gasteiger charge is -2.13. The highest BCUT2D eigenvalue weighted by atomic mass is 32.2. The number of hydrogen-bond acceptors (Lipinski definition) is 5. The van der Waals surface area contributed by atoms with Gasteiger partial charge in [-0.3, -0.25) is 0 Å². The van der Waals surface area contributed by atoms with E-state index < -0.39 is 0 Å². The minimum Gasteiger partial charge on any atom is -0.481 e. The Balaban J connectivity index is 1.94. The zero-order chi connectivity index (χ0) is 11.4. The van der Waals surface area contributed by atoms with Gasteiger partial charge in [0, 0.05) is 17.4 Å². The van der Waals surface area contributed by atoms with Gasteiger partial charge in [0.05, 0.1) is 7.11 Å². The molecule has 2 unspecified atom stereocenters. The third-order valence-electron chi connectivity index (χ3n) is 2.92. The first-order valence-corrected chi connectivity index (χ1v) is 6.76. The van der Waals surface area contributed by atoms with Crippen molar-refractivity contribution in [1.29, 1.82) is 0 Å². The quantitative estimate of drug-likeness (QED) is 0.872. The molecule has 0 bridgehead atoms. The van der Waals surface area contributed by atoms with Crippen LogP contribution in [0.5, 0.6) is 5.88 Å². The number of anilines is 1. The Morgan fingerprint density at radius 1 is 1.44 bits per heavy atom. The zero-order valence-corrected chi connectivity index (χ0v) is 10.5. The highest BCUT2D eigenvalue weighted by molar-refractivity contribution is 7.99. The molecule has 1 aromatic heterocycles. The fourth-order valence-electron chi connectivity index (χ4n) is 2.02. The predicted octanol–water partition coefficient (Wildman–Crippen LogP) is 2.18. The molecule has 16 heavy (non-hydrogen) atoms. The number of aromatic nitrogens is 2. The lowest BCUT2D eigenvalue weighted by Crippen LogP contribution is -2.16. The summed E-state index contributed by atoms with van der Waals surface area (Å²) in [5.74, 6) is 1.47. The molecular formula is C11H17N3OS. The van der Waals surface area contributed by atoms with Crippen LogP contribution in [0.3, 0.4) is 0 Å². The first-order chi connectivity index (χ1) is 7.81. The Kier molecular flexibility index (Phi) is 3.88. The number of thioether (sulfide) groups is 1. The molecule has 88 valence electrons. The van der Waals surface area contributed by atoms with Gasteiger partial charge in [-0.25, -0.2) is 9.97 Å². The fraction of sp³-hybridized carbons (Fsp3) is 0.636. The Labute approximate surface area is 100 Å². The fourth-order valence-corrected chi connectivity index (χ4v) is 2.82. The minimum atomic E-state index is 0.539. The third kappa shape index (κ3) is 2.78. The molecule has 1 fully saturated rings. The molecule has 0 saturated heterocycles. The van der Waals surface area contributed by atoms with Gasteiger partial charge in [0.15, 0.2) is 0 Å². The van der Waals surface area contributed by atoms with Crippen LogP contribution in [0.15, 0.2) is 12.4 Å². The molecule has 2 rings (SSSR count). The Hall–Kier alpha value is -0.970. The van der Waals surface area contributed by atoms with Crippen LogP contribution in [0.4, 0.5) is 5.82 Å². The molecule has 0 aromatic carbocycles. The topological polar surface area (TPSA) is 47.0 Å². The van der Waals surface area contributed by atoms with Gasteiger partial charge in [0.2, 0.25) is 5.88 Å². The molecule has 2 atom stereocenters. The van der Waals surface area contributed by atoms with Crippen LogP contribution < -0.4 is 10.1 Å². The van der Waals surface area contributed by atoms with Gasteiger partial charge < -0.3 is 10.1 Å². The highest BCUT2D eigenvalue weighted by Crippen LogP contribution is 2.30. The summed E-state index contributed by atoms with van der Waals surface area (Å²) >= 11 is 1.96. The van der Waals surface area contributed by atoms with E-state index in [1.807, 2.05) is 17.8 Å². The standard InChI is InChI=1S/C11H17N3OS/c1-15-11-6-10(12-7-13-11)14-8-3-4-9(5-8)16-2/h6-9H,3-5H2,1-2H3,(H,12,13,14). The maximum absolute atomic E-state index is 5.07. The van der Waals surface area contributed by atoms with Crippen molar-refractivity contribution in [2.24, 2.45) is 0 Å². The van der Waals surface area contributed by atoms with E-state index in [0.717, 1.165) is 11.1 Å². The lowest BCUT2D eigenvalue weighted by atomic mass is 10.2. The van der Waals surface area contributed by atoms with E-state index in [1.165, 1.54) is 25.6 Å². The van der Waals surface area contributed by atoms with Gasteiger partial charge in [-0.15, -0.1) is 0 Å². The second kappa shape index (κ2) is 5.39. The summed E-state index contributed by atoms with van der Waals surface area (Å²) in [6.45, 7) is 0. The molecule has 1 aromatic rings. The van der Waals surface area contributed by atoms with E-state index in [9.17, 15) is 0 Å². The van der Waals surface area contributed by atoms with Crippen LogP contribution in [0.2, 0.25) is 0 Å². The van der Waals surface area contributed by atoms with E-state index in [2.05, 4.69) is 21.5 Å². The van der Waals surface area contributed by atoms with E-state index in [4.69, 9.17) is 4.74 Å². The van der Waals surface area contributed by atoms with Crippen molar-refractivity contribution in [3.05, 3.63) is 12.4 Å². The van der Waals surface area contributed by atoms with Gasteiger partial charge in [-0.2, -0.15) is 11.8 Å². The SMILES string of the molecule is COc1cc(NC2CCC(SC)C2)ncn1. The van der Waals surface area contributed by atoms with E-state index in [0.29, 0.717) is 11.9 Å². The minimum absolute atomic E-state index is 0.539. The number of rotatable bonds is 4. The van der Waals surface area contributed by atoms with Crippen molar-refractivity contribution in [2.75, 3.05) is 18.7 Å². The van der Waals surface area contributed by atoms with Gasteiger partial charge in [-0.1, -0.05) is 0 Å². The van der Waals surface area contributed by atoms with Crippen molar-refractivity contribution in [1.82, 2.24) is 9.97 Å².